The van der Waals surface area contributed by atoms with Gasteiger partial charge in [0.15, 0.2) is 0 Å². The summed E-state index contributed by atoms with van der Waals surface area (Å²) < 4.78 is 33.7. The van der Waals surface area contributed by atoms with Crippen molar-refractivity contribution >= 4 is 17.6 Å². The molecule has 4 aromatic rings. The zero-order chi connectivity index (χ0) is 28.8. The van der Waals surface area contributed by atoms with Gasteiger partial charge in [-0.15, -0.1) is 0 Å². The highest BCUT2D eigenvalue weighted by Crippen LogP contribution is 2.28. The zero-order valence-corrected chi connectivity index (χ0v) is 22.6. The number of nitrogens with one attached hydrogen (secondary N) is 1. The minimum absolute atomic E-state index is 0.0949. The Morgan fingerprint density at radius 1 is 1.00 bits per heavy atom. The molecule has 1 saturated heterocycles. The van der Waals surface area contributed by atoms with Crippen LogP contribution in [0.15, 0.2) is 79.0 Å². The van der Waals surface area contributed by atoms with Gasteiger partial charge in [-0.25, -0.2) is 18.6 Å². The van der Waals surface area contributed by atoms with Gasteiger partial charge in [-0.3, -0.25) is 10.2 Å². The fourth-order valence-electron chi connectivity index (χ4n) is 4.86. The van der Waals surface area contributed by atoms with E-state index in [1.54, 1.807) is 36.5 Å². The van der Waals surface area contributed by atoms with Crippen molar-refractivity contribution in [1.29, 1.82) is 5.26 Å². The van der Waals surface area contributed by atoms with Crippen LogP contribution >= 0.6 is 0 Å². The van der Waals surface area contributed by atoms with E-state index >= 15 is 0 Å². The lowest BCUT2D eigenvalue weighted by Crippen LogP contribution is -2.31. The fraction of sp³-hybridized carbons (Fsp3) is 0.219. The third kappa shape index (κ3) is 6.86. The van der Waals surface area contributed by atoms with Gasteiger partial charge in [0.25, 0.3) is 0 Å². The van der Waals surface area contributed by atoms with E-state index in [0.717, 1.165) is 42.0 Å². The first-order chi connectivity index (χ1) is 19.9. The average molecular weight is 554 g/mol. The second-order valence-electron chi connectivity index (χ2n) is 9.90. The molecular weight excluding hydrogens is 524 g/mol. The molecule has 208 valence electrons. The predicted molar refractivity (Wildman–Crippen MR) is 154 cm³/mol. The maximum Gasteiger partial charge on any atom is 0.417 e. The van der Waals surface area contributed by atoms with Crippen molar-refractivity contribution in [2.75, 3.05) is 36.4 Å². The van der Waals surface area contributed by atoms with E-state index in [-0.39, 0.29) is 12.1 Å². The van der Waals surface area contributed by atoms with E-state index in [1.165, 1.54) is 18.2 Å². The lowest BCUT2D eigenvalue weighted by Gasteiger charge is -2.23. The first kappa shape index (κ1) is 27.7. The molecule has 0 saturated carbocycles. The molecule has 3 aromatic carbocycles. The molecule has 0 spiro atoms. The molecule has 0 atom stereocenters. The molecule has 41 heavy (non-hydrogen) atoms. The number of ether oxygens (including phenoxy) is 1. The Morgan fingerprint density at radius 2 is 1.78 bits per heavy atom. The molecule has 0 radical (unpaired) electrons. The number of aryl methyl sites for hydroxylation is 1. The summed E-state index contributed by atoms with van der Waals surface area (Å²) in [6, 6.07) is 22.3. The van der Waals surface area contributed by atoms with Crippen LogP contribution in [-0.4, -0.2) is 42.2 Å². The monoisotopic (exact) mass is 553 g/mol. The van der Waals surface area contributed by atoms with Crippen molar-refractivity contribution in [3.05, 3.63) is 107 Å². The SMILES string of the molecule is Cc1ccc(OC(=O)Nc2ccc(N3CCCN(Cc4c(F)cccc4F)CC3)nc2)cc1-c1ccc(C#N)cc1. The third-order valence-electron chi connectivity index (χ3n) is 7.09. The normalized spacial score (nSPS) is 13.8. The second-order valence-corrected chi connectivity index (χ2v) is 9.90. The Hall–Kier alpha value is -4.81. The molecule has 0 aliphatic carbocycles. The number of pyridine rings is 1. The molecule has 1 N–H and O–H groups in total. The van der Waals surface area contributed by atoms with Crippen molar-refractivity contribution in [3.8, 4) is 22.9 Å². The Labute approximate surface area is 237 Å². The number of nitriles is 1. The molecule has 1 aromatic heterocycles. The molecule has 2 heterocycles. The maximum atomic E-state index is 14.1. The number of benzene rings is 3. The minimum Gasteiger partial charge on any atom is -0.410 e. The quantitative estimate of drug-likeness (QED) is 0.292. The van der Waals surface area contributed by atoms with Gasteiger partial charge in [0, 0.05) is 38.3 Å². The first-order valence-corrected chi connectivity index (χ1v) is 13.4. The fourth-order valence-corrected chi connectivity index (χ4v) is 4.86. The van der Waals surface area contributed by atoms with Gasteiger partial charge in [-0.1, -0.05) is 24.3 Å². The van der Waals surface area contributed by atoms with Crippen LogP contribution in [-0.2, 0) is 6.54 Å². The summed E-state index contributed by atoms with van der Waals surface area (Å²) in [4.78, 5) is 21.3. The van der Waals surface area contributed by atoms with Crippen LogP contribution in [0.4, 0.5) is 25.1 Å². The van der Waals surface area contributed by atoms with E-state index in [9.17, 15) is 13.6 Å². The minimum atomic E-state index is -0.639. The number of aromatic nitrogens is 1. The molecule has 1 aliphatic heterocycles. The summed E-state index contributed by atoms with van der Waals surface area (Å²) in [6.45, 7) is 4.97. The Kier molecular flexibility index (Phi) is 8.51. The van der Waals surface area contributed by atoms with Crippen LogP contribution in [0.2, 0.25) is 0 Å². The van der Waals surface area contributed by atoms with Crippen LogP contribution in [0.1, 0.15) is 23.1 Å². The summed E-state index contributed by atoms with van der Waals surface area (Å²) >= 11 is 0. The number of halogens is 2. The number of hydrogen-bond donors (Lipinski definition) is 1. The summed E-state index contributed by atoms with van der Waals surface area (Å²) in [5.74, 6) is 0.0990. The number of anilines is 2. The van der Waals surface area contributed by atoms with Crippen molar-refractivity contribution in [2.24, 2.45) is 0 Å². The largest absolute Gasteiger partial charge is 0.417 e. The molecule has 5 rings (SSSR count). The van der Waals surface area contributed by atoms with Gasteiger partial charge in [0.05, 0.1) is 23.5 Å². The summed E-state index contributed by atoms with van der Waals surface area (Å²) in [6.07, 6.45) is 1.76. The number of carbonyl (C=O) groups excluding carboxylic acids is 1. The molecule has 0 bridgehead atoms. The topological polar surface area (TPSA) is 81.5 Å². The highest BCUT2D eigenvalue weighted by Gasteiger charge is 2.19. The van der Waals surface area contributed by atoms with E-state index in [2.05, 4.69) is 21.3 Å². The molecular formula is C32H29F2N5O2. The van der Waals surface area contributed by atoms with Gasteiger partial charge in [-0.05, 0) is 78.6 Å². The second kappa shape index (κ2) is 12.6. The Morgan fingerprint density at radius 3 is 2.49 bits per heavy atom. The third-order valence-corrected chi connectivity index (χ3v) is 7.09. The molecule has 1 aliphatic rings. The summed E-state index contributed by atoms with van der Waals surface area (Å²) in [5.41, 5.74) is 4.00. The molecule has 0 unspecified atom stereocenters. The predicted octanol–water partition coefficient (Wildman–Crippen LogP) is 6.53. The van der Waals surface area contributed by atoms with Crippen molar-refractivity contribution in [3.63, 3.8) is 0 Å². The van der Waals surface area contributed by atoms with Crippen LogP contribution in [0, 0.1) is 29.9 Å². The smallest absolute Gasteiger partial charge is 0.410 e. The molecule has 7 nitrogen and oxygen atoms in total. The Bertz CT molecular complexity index is 1550. The van der Waals surface area contributed by atoms with E-state index in [4.69, 9.17) is 10.00 Å². The Balaban J connectivity index is 1.17. The lowest BCUT2D eigenvalue weighted by molar-refractivity contribution is 0.215. The number of hydrogen-bond acceptors (Lipinski definition) is 6. The molecule has 1 amide bonds. The van der Waals surface area contributed by atoms with Crippen LogP contribution in [0.25, 0.3) is 11.1 Å². The van der Waals surface area contributed by atoms with Gasteiger partial charge < -0.3 is 9.64 Å². The van der Waals surface area contributed by atoms with Gasteiger partial charge in [0.1, 0.15) is 23.2 Å². The number of nitrogens with zero attached hydrogens (tertiary/aromatic N) is 4. The van der Waals surface area contributed by atoms with Gasteiger partial charge in [0.2, 0.25) is 0 Å². The molecule has 9 heteroatoms. The lowest BCUT2D eigenvalue weighted by atomic mass is 9.99. The molecule has 1 fully saturated rings. The van der Waals surface area contributed by atoms with E-state index < -0.39 is 17.7 Å². The van der Waals surface area contributed by atoms with Gasteiger partial charge >= 0.3 is 6.09 Å². The average Bonchev–Trinajstić information content (AvgIpc) is 3.22. The van der Waals surface area contributed by atoms with Crippen LogP contribution < -0.4 is 15.0 Å². The zero-order valence-electron chi connectivity index (χ0n) is 22.6. The number of rotatable bonds is 6. The van der Waals surface area contributed by atoms with Crippen LogP contribution in [0.3, 0.4) is 0 Å². The standard InChI is InChI=1S/C32H29F2N5O2/c1-22-6-12-26(18-27(22)24-9-7-23(19-35)8-10-24)41-32(40)37-25-11-13-31(36-20-25)39-15-3-14-38(16-17-39)21-28-29(33)4-2-5-30(28)34/h2,4-13,18,20H,3,14-17,21H2,1H3,(H,37,40). The number of carbonyl (C=O) groups is 1. The van der Waals surface area contributed by atoms with Gasteiger partial charge in [-0.2, -0.15) is 5.26 Å². The highest BCUT2D eigenvalue weighted by molar-refractivity contribution is 5.86. The van der Waals surface area contributed by atoms with E-state index in [0.29, 0.717) is 30.1 Å². The van der Waals surface area contributed by atoms with Crippen LogP contribution in [0.5, 0.6) is 5.75 Å². The summed E-state index contributed by atoms with van der Waals surface area (Å²) in [5, 5.41) is 11.7. The highest BCUT2D eigenvalue weighted by atomic mass is 19.1. The summed E-state index contributed by atoms with van der Waals surface area (Å²) in [7, 11) is 0. The number of amides is 1. The maximum absolute atomic E-state index is 14.1. The first-order valence-electron chi connectivity index (χ1n) is 13.4. The van der Waals surface area contributed by atoms with Crippen molar-refractivity contribution < 1.29 is 18.3 Å². The van der Waals surface area contributed by atoms with E-state index in [1.807, 2.05) is 36.1 Å². The van der Waals surface area contributed by atoms with Crippen molar-refractivity contribution in [1.82, 2.24) is 9.88 Å². The van der Waals surface area contributed by atoms with Crippen molar-refractivity contribution in [2.45, 2.75) is 19.9 Å².